The molecule has 3 N–H and O–H groups in total. The van der Waals surface area contributed by atoms with Crippen LogP contribution in [0.5, 0.6) is 0 Å². The number of benzene rings is 1. The number of nitrogens with two attached hydrogens (primary N) is 1. The summed E-state index contributed by atoms with van der Waals surface area (Å²) in [6.45, 7) is 1.00. The first-order valence-electron chi connectivity index (χ1n) is 5.98. The molecule has 0 saturated carbocycles. The zero-order chi connectivity index (χ0) is 15.3. The van der Waals surface area contributed by atoms with Crippen molar-refractivity contribution in [1.29, 1.82) is 0 Å². The number of nitrogens with one attached hydrogen (secondary N) is 1. The molecule has 0 unspecified atom stereocenters. The van der Waals surface area contributed by atoms with Crippen LogP contribution in [-0.2, 0) is 10.0 Å². The van der Waals surface area contributed by atoms with Gasteiger partial charge in [-0.15, -0.1) is 0 Å². The normalized spacial score (nSPS) is 11.8. The molecule has 0 bridgehead atoms. The van der Waals surface area contributed by atoms with Crippen molar-refractivity contribution in [2.75, 3.05) is 27.2 Å². The van der Waals surface area contributed by atoms with E-state index in [9.17, 15) is 12.8 Å². The largest absolute Gasteiger partial charge is 0.389 e. The Kier molecular flexibility index (Phi) is 6.00. The average Bonchev–Trinajstić information content (AvgIpc) is 2.33. The Balaban J connectivity index is 2.93. The van der Waals surface area contributed by atoms with E-state index in [1.54, 1.807) is 0 Å². The van der Waals surface area contributed by atoms with Crippen LogP contribution >= 0.6 is 12.2 Å². The first-order valence-corrected chi connectivity index (χ1v) is 7.87. The third kappa shape index (κ3) is 4.48. The maximum atomic E-state index is 13.7. The summed E-state index contributed by atoms with van der Waals surface area (Å²) in [7, 11) is -0.0427. The van der Waals surface area contributed by atoms with Crippen LogP contribution in [0, 0.1) is 5.82 Å². The maximum absolute atomic E-state index is 13.7. The van der Waals surface area contributed by atoms with Gasteiger partial charge in [-0.25, -0.2) is 17.5 Å². The molecule has 0 radical (unpaired) electrons. The van der Waals surface area contributed by atoms with Crippen LogP contribution < -0.4 is 10.5 Å². The summed E-state index contributed by atoms with van der Waals surface area (Å²) in [6.07, 6.45) is 0.643. The minimum absolute atomic E-state index is 0.227. The van der Waals surface area contributed by atoms with Gasteiger partial charge < -0.3 is 10.6 Å². The molecule has 1 aromatic rings. The molecule has 0 fully saturated rings. The van der Waals surface area contributed by atoms with E-state index in [4.69, 9.17) is 18.0 Å². The molecule has 0 aliphatic rings. The molecule has 5 nitrogen and oxygen atoms in total. The molecule has 1 rings (SSSR count). The van der Waals surface area contributed by atoms with Gasteiger partial charge in [-0.05, 0) is 39.2 Å². The fraction of sp³-hybridized carbons (Fsp3) is 0.417. The summed E-state index contributed by atoms with van der Waals surface area (Å²) < 4.78 is 40.4. The van der Waals surface area contributed by atoms with Crippen molar-refractivity contribution in [3.05, 3.63) is 29.6 Å². The highest BCUT2D eigenvalue weighted by Crippen LogP contribution is 2.18. The molecule has 0 aromatic heterocycles. The number of thiocarbonyl (C=S) groups is 1. The second-order valence-electron chi connectivity index (χ2n) is 4.53. The SMILES string of the molecule is CN(C)CCCNS(=O)(=O)c1cccc(F)c1C(N)=S. The van der Waals surface area contributed by atoms with Gasteiger partial charge in [0.2, 0.25) is 10.0 Å². The standard InChI is InChI=1S/C12H18FN3O2S2/c1-16(2)8-4-7-15-20(17,18)10-6-3-5-9(13)11(10)12(14)19/h3,5-6,15H,4,7-8H2,1-2H3,(H2,14,19). The number of hydrogen-bond donors (Lipinski definition) is 2. The predicted octanol–water partition coefficient (Wildman–Crippen LogP) is 0.690. The highest BCUT2D eigenvalue weighted by Gasteiger charge is 2.22. The first kappa shape index (κ1) is 17.0. The van der Waals surface area contributed by atoms with Crippen molar-refractivity contribution >= 4 is 27.2 Å². The molecular formula is C12H18FN3O2S2. The van der Waals surface area contributed by atoms with Gasteiger partial charge in [0, 0.05) is 6.54 Å². The van der Waals surface area contributed by atoms with E-state index in [1.165, 1.54) is 12.1 Å². The van der Waals surface area contributed by atoms with Gasteiger partial charge in [0.15, 0.2) is 0 Å². The molecule has 1 aromatic carbocycles. The Morgan fingerprint density at radius 3 is 2.65 bits per heavy atom. The molecular weight excluding hydrogens is 301 g/mol. The van der Waals surface area contributed by atoms with E-state index in [0.29, 0.717) is 6.42 Å². The molecule has 112 valence electrons. The first-order chi connectivity index (χ1) is 9.25. The molecule has 0 aliphatic heterocycles. The van der Waals surface area contributed by atoms with Crippen LogP contribution in [0.1, 0.15) is 12.0 Å². The lowest BCUT2D eigenvalue weighted by molar-refractivity contribution is 0.400. The molecule has 0 heterocycles. The summed E-state index contributed by atoms with van der Waals surface area (Å²) in [5, 5.41) is 0. The minimum atomic E-state index is -3.83. The van der Waals surface area contributed by atoms with E-state index in [0.717, 1.165) is 12.6 Å². The molecule has 0 saturated heterocycles. The van der Waals surface area contributed by atoms with Crippen LogP contribution in [-0.4, -0.2) is 45.5 Å². The van der Waals surface area contributed by atoms with E-state index in [2.05, 4.69) is 4.72 Å². The topological polar surface area (TPSA) is 75.4 Å². The summed E-state index contributed by atoms with van der Waals surface area (Å²) >= 11 is 4.71. The third-order valence-corrected chi connectivity index (χ3v) is 4.29. The Labute approximate surface area is 124 Å². The van der Waals surface area contributed by atoms with E-state index in [-0.39, 0.29) is 22.0 Å². The quantitative estimate of drug-likeness (QED) is 0.571. The predicted molar refractivity (Wildman–Crippen MR) is 80.6 cm³/mol. The van der Waals surface area contributed by atoms with Crippen LogP contribution in [0.25, 0.3) is 0 Å². The molecule has 0 atom stereocenters. The van der Waals surface area contributed by atoms with Gasteiger partial charge in [-0.1, -0.05) is 18.3 Å². The van der Waals surface area contributed by atoms with E-state index in [1.807, 2.05) is 19.0 Å². The van der Waals surface area contributed by atoms with Gasteiger partial charge in [0.05, 0.1) is 10.5 Å². The lowest BCUT2D eigenvalue weighted by Crippen LogP contribution is -2.29. The van der Waals surface area contributed by atoms with Gasteiger partial charge in [0.25, 0.3) is 0 Å². The van der Waals surface area contributed by atoms with Gasteiger partial charge in [0.1, 0.15) is 10.8 Å². The van der Waals surface area contributed by atoms with Crippen LogP contribution in [0.15, 0.2) is 23.1 Å². The van der Waals surface area contributed by atoms with Crippen molar-refractivity contribution in [2.45, 2.75) is 11.3 Å². The van der Waals surface area contributed by atoms with Crippen molar-refractivity contribution in [1.82, 2.24) is 9.62 Å². The number of sulfonamides is 1. The van der Waals surface area contributed by atoms with Crippen molar-refractivity contribution in [3.63, 3.8) is 0 Å². The molecule has 8 heteroatoms. The Morgan fingerprint density at radius 2 is 2.10 bits per heavy atom. The van der Waals surface area contributed by atoms with Crippen LogP contribution in [0.3, 0.4) is 0 Å². The second kappa shape index (κ2) is 7.07. The zero-order valence-corrected chi connectivity index (χ0v) is 13.0. The minimum Gasteiger partial charge on any atom is -0.389 e. The third-order valence-electron chi connectivity index (χ3n) is 2.59. The van der Waals surface area contributed by atoms with Crippen LogP contribution in [0.4, 0.5) is 4.39 Å². The Bertz CT molecular complexity index is 588. The highest BCUT2D eigenvalue weighted by molar-refractivity contribution is 7.89. The smallest absolute Gasteiger partial charge is 0.241 e. The van der Waals surface area contributed by atoms with Gasteiger partial charge in [-0.2, -0.15) is 0 Å². The van der Waals surface area contributed by atoms with Crippen molar-refractivity contribution in [2.24, 2.45) is 5.73 Å². The fourth-order valence-corrected chi connectivity index (χ4v) is 3.22. The van der Waals surface area contributed by atoms with Crippen molar-refractivity contribution < 1.29 is 12.8 Å². The Morgan fingerprint density at radius 1 is 1.45 bits per heavy atom. The number of nitrogens with zero attached hydrogens (tertiary/aromatic N) is 1. The zero-order valence-electron chi connectivity index (χ0n) is 11.4. The van der Waals surface area contributed by atoms with E-state index >= 15 is 0 Å². The van der Waals surface area contributed by atoms with Gasteiger partial charge >= 0.3 is 0 Å². The van der Waals surface area contributed by atoms with Crippen molar-refractivity contribution in [3.8, 4) is 0 Å². The lowest BCUT2D eigenvalue weighted by Gasteiger charge is -2.12. The molecule has 0 amide bonds. The monoisotopic (exact) mass is 319 g/mol. The second-order valence-corrected chi connectivity index (χ2v) is 6.71. The molecule has 0 spiro atoms. The number of rotatable bonds is 7. The number of halogens is 1. The van der Waals surface area contributed by atoms with Crippen LogP contribution in [0.2, 0.25) is 0 Å². The summed E-state index contributed by atoms with van der Waals surface area (Å²) in [6, 6.07) is 3.72. The Hall–Kier alpha value is -1.09. The molecule has 0 aliphatic carbocycles. The average molecular weight is 319 g/mol. The maximum Gasteiger partial charge on any atom is 0.241 e. The van der Waals surface area contributed by atoms with E-state index < -0.39 is 15.8 Å². The number of hydrogen-bond acceptors (Lipinski definition) is 4. The fourth-order valence-electron chi connectivity index (χ4n) is 1.65. The summed E-state index contributed by atoms with van der Waals surface area (Å²) in [5.41, 5.74) is 5.15. The van der Waals surface area contributed by atoms with Gasteiger partial charge in [-0.3, -0.25) is 0 Å². The summed E-state index contributed by atoms with van der Waals surface area (Å²) in [5.74, 6) is -0.742. The summed E-state index contributed by atoms with van der Waals surface area (Å²) in [4.78, 5) is 1.43. The lowest BCUT2D eigenvalue weighted by atomic mass is 10.2. The molecule has 20 heavy (non-hydrogen) atoms. The highest BCUT2D eigenvalue weighted by atomic mass is 32.2.